The van der Waals surface area contributed by atoms with Gasteiger partial charge in [0, 0.05) is 36.9 Å². The molecule has 0 aromatic heterocycles. The van der Waals surface area contributed by atoms with Gasteiger partial charge in [0.05, 0.1) is 0 Å². The molecule has 2 rings (SSSR count). The molecule has 0 atom stereocenters. The fourth-order valence-corrected chi connectivity index (χ4v) is 2.45. The topological polar surface area (TPSA) is 52.7 Å². The van der Waals surface area contributed by atoms with Gasteiger partial charge < -0.3 is 15.1 Å². The number of hydrogen-bond acceptors (Lipinski definition) is 3. The van der Waals surface area contributed by atoms with Gasteiger partial charge in [0.25, 0.3) is 0 Å². The van der Waals surface area contributed by atoms with E-state index in [9.17, 15) is 9.59 Å². The van der Waals surface area contributed by atoms with Gasteiger partial charge in [-0.2, -0.15) is 0 Å². The molecule has 120 valence electrons. The molecule has 1 fully saturated rings. The van der Waals surface area contributed by atoms with Crippen molar-refractivity contribution in [1.82, 2.24) is 9.80 Å². The third-order valence-corrected chi connectivity index (χ3v) is 4.25. The molecule has 1 aliphatic rings. The molecule has 1 aliphatic heterocycles. The standard InChI is InChI=1S/C16H22ClN3O2/c1-16(2,15(22)20-10-8-19(3)9-11-20)14(21)18-13-6-4-12(17)5-7-13/h4-7H,8-11H2,1-3H3,(H,18,21). The summed E-state index contributed by atoms with van der Waals surface area (Å²) >= 11 is 5.82. The maximum atomic E-state index is 12.6. The van der Waals surface area contributed by atoms with Crippen LogP contribution in [-0.2, 0) is 9.59 Å². The molecule has 0 radical (unpaired) electrons. The van der Waals surface area contributed by atoms with E-state index in [1.54, 1.807) is 43.0 Å². The number of anilines is 1. The van der Waals surface area contributed by atoms with Crippen LogP contribution in [0.2, 0.25) is 5.02 Å². The Kier molecular flexibility index (Phi) is 5.08. The van der Waals surface area contributed by atoms with Crippen LogP contribution in [-0.4, -0.2) is 54.8 Å². The van der Waals surface area contributed by atoms with Crippen molar-refractivity contribution in [3.8, 4) is 0 Å². The van der Waals surface area contributed by atoms with Gasteiger partial charge >= 0.3 is 0 Å². The SMILES string of the molecule is CN1CCN(C(=O)C(C)(C)C(=O)Nc2ccc(Cl)cc2)CC1. The van der Waals surface area contributed by atoms with Gasteiger partial charge in [0.15, 0.2) is 0 Å². The van der Waals surface area contributed by atoms with E-state index in [0.717, 1.165) is 13.1 Å². The number of likely N-dealkylation sites (N-methyl/N-ethyl adjacent to an activating group) is 1. The van der Waals surface area contributed by atoms with E-state index in [1.165, 1.54) is 0 Å². The Morgan fingerprint density at radius 1 is 1.09 bits per heavy atom. The normalized spacial score (nSPS) is 16.5. The number of piperazine rings is 1. The lowest BCUT2D eigenvalue weighted by Crippen LogP contribution is -2.53. The highest BCUT2D eigenvalue weighted by molar-refractivity contribution is 6.30. The fraction of sp³-hybridized carbons (Fsp3) is 0.500. The largest absolute Gasteiger partial charge is 0.339 e. The summed E-state index contributed by atoms with van der Waals surface area (Å²) in [6.07, 6.45) is 0. The number of nitrogens with one attached hydrogen (secondary N) is 1. The lowest BCUT2D eigenvalue weighted by Gasteiger charge is -2.36. The van der Waals surface area contributed by atoms with Crippen molar-refractivity contribution >= 4 is 29.1 Å². The van der Waals surface area contributed by atoms with Gasteiger partial charge in [0.1, 0.15) is 5.41 Å². The Labute approximate surface area is 136 Å². The molecule has 1 N–H and O–H groups in total. The van der Waals surface area contributed by atoms with Crippen LogP contribution in [0.25, 0.3) is 0 Å². The van der Waals surface area contributed by atoms with Gasteiger partial charge in [0.2, 0.25) is 11.8 Å². The summed E-state index contributed by atoms with van der Waals surface area (Å²) in [7, 11) is 2.03. The van der Waals surface area contributed by atoms with Crippen LogP contribution in [0.5, 0.6) is 0 Å². The monoisotopic (exact) mass is 323 g/mol. The maximum Gasteiger partial charge on any atom is 0.239 e. The second kappa shape index (κ2) is 6.67. The third-order valence-electron chi connectivity index (χ3n) is 3.99. The molecule has 1 saturated heterocycles. The molecule has 1 aromatic rings. The highest BCUT2D eigenvalue weighted by Crippen LogP contribution is 2.23. The van der Waals surface area contributed by atoms with Crippen LogP contribution in [0.4, 0.5) is 5.69 Å². The fourth-order valence-electron chi connectivity index (χ4n) is 2.32. The molecule has 0 unspecified atom stereocenters. The van der Waals surface area contributed by atoms with Crippen molar-refractivity contribution in [3.05, 3.63) is 29.3 Å². The number of rotatable bonds is 3. The van der Waals surface area contributed by atoms with E-state index in [0.29, 0.717) is 23.8 Å². The first kappa shape index (κ1) is 16.8. The summed E-state index contributed by atoms with van der Waals surface area (Å²) in [6.45, 7) is 6.32. The minimum atomic E-state index is -1.10. The van der Waals surface area contributed by atoms with Crippen molar-refractivity contribution in [2.75, 3.05) is 38.5 Å². The first-order valence-electron chi connectivity index (χ1n) is 7.35. The second-order valence-electron chi connectivity index (χ2n) is 6.18. The predicted molar refractivity (Wildman–Crippen MR) is 87.9 cm³/mol. The Bertz CT molecular complexity index is 549. The minimum Gasteiger partial charge on any atom is -0.339 e. The van der Waals surface area contributed by atoms with E-state index < -0.39 is 5.41 Å². The van der Waals surface area contributed by atoms with Crippen molar-refractivity contribution < 1.29 is 9.59 Å². The molecule has 22 heavy (non-hydrogen) atoms. The zero-order valence-corrected chi connectivity index (χ0v) is 14.0. The maximum absolute atomic E-state index is 12.6. The molecule has 2 amide bonds. The summed E-state index contributed by atoms with van der Waals surface area (Å²) in [5.41, 5.74) is -0.469. The van der Waals surface area contributed by atoms with Crippen LogP contribution in [0.15, 0.2) is 24.3 Å². The lowest BCUT2D eigenvalue weighted by molar-refractivity contribution is -0.147. The molecule has 0 bridgehead atoms. The molecular formula is C16H22ClN3O2. The molecule has 0 saturated carbocycles. The van der Waals surface area contributed by atoms with Gasteiger partial charge in [-0.05, 0) is 45.2 Å². The van der Waals surface area contributed by atoms with Gasteiger partial charge in [-0.15, -0.1) is 0 Å². The van der Waals surface area contributed by atoms with Crippen LogP contribution in [0, 0.1) is 5.41 Å². The summed E-state index contributed by atoms with van der Waals surface area (Å²) < 4.78 is 0. The molecule has 6 heteroatoms. The molecule has 1 heterocycles. The zero-order chi connectivity index (χ0) is 16.3. The average Bonchev–Trinajstić information content (AvgIpc) is 2.49. The number of halogens is 1. The molecule has 0 aliphatic carbocycles. The molecule has 0 spiro atoms. The number of amides is 2. The summed E-state index contributed by atoms with van der Waals surface area (Å²) in [4.78, 5) is 29.0. The van der Waals surface area contributed by atoms with E-state index in [2.05, 4.69) is 10.2 Å². The van der Waals surface area contributed by atoms with Crippen LogP contribution < -0.4 is 5.32 Å². The number of carbonyl (C=O) groups is 2. The Morgan fingerprint density at radius 3 is 2.18 bits per heavy atom. The van der Waals surface area contributed by atoms with Gasteiger partial charge in [-0.1, -0.05) is 11.6 Å². The zero-order valence-electron chi connectivity index (χ0n) is 13.2. The molecule has 5 nitrogen and oxygen atoms in total. The van der Waals surface area contributed by atoms with E-state index in [4.69, 9.17) is 11.6 Å². The summed E-state index contributed by atoms with van der Waals surface area (Å²) in [5.74, 6) is -0.439. The number of benzene rings is 1. The first-order valence-corrected chi connectivity index (χ1v) is 7.73. The second-order valence-corrected chi connectivity index (χ2v) is 6.62. The highest BCUT2D eigenvalue weighted by Gasteiger charge is 2.39. The summed E-state index contributed by atoms with van der Waals surface area (Å²) in [6, 6.07) is 6.84. The van der Waals surface area contributed by atoms with Crippen molar-refractivity contribution in [2.24, 2.45) is 5.41 Å². The van der Waals surface area contributed by atoms with Crippen molar-refractivity contribution in [3.63, 3.8) is 0 Å². The number of carbonyl (C=O) groups excluding carboxylic acids is 2. The first-order chi connectivity index (χ1) is 10.3. The number of nitrogens with zero attached hydrogens (tertiary/aromatic N) is 2. The van der Waals surface area contributed by atoms with E-state index in [-0.39, 0.29) is 11.8 Å². The Morgan fingerprint density at radius 2 is 1.64 bits per heavy atom. The van der Waals surface area contributed by atoms with Crippen LogP contribution >= 0.6 is 11.6 Å². The Balaban J connectivity index is 2.03. The van der Waals surface area contributed by atoms with Crippen LogP contribution in [0.1, 0.15) is 13.8 Å². The number of hydrogen-bond donors (Lipinski definition) is 1. The average molecular weight is 324 g/mol. The summed E-state index contributed by atoms with van der Waals surface area (Å²) in [5, 5.41) is 3.39. The Hall–Kier alpha value is -1.59. The highest BCUT2D eigenvalue weighted by atomic mass is 35.5. The van der Waals surface area contributed by atoms with Crippen molar-refractivity contribution in [2.45, 2.75) is 13.8 Å². The van der Waals surface area contributed by atoms with E-state index in [1.807, 2.05) is 7.05 Å². The van der Waals surface area contributed by atoms with Crippen molar-refractivity contribution in [1.29, 1.82) is 0 Å². The quantitative estimate of drug-likeness (QED) is 0.867. The lowest BCUT2D eigenvalue weighted by atomic mass is 9.89. The third kappa shape index (κ3) is 3.78. The van der Waals surface area contributed by atoms with E-state index >= 15 is 0 Å². The smallest absolute Gasteiger partial charge is 0.239 e. The molecular weight excluding hydrogens is 302 g/mol. The molecule has 1 aromatic carbocycles. The van der Waals surface area contributed by atoms with Gasteiger partial charge in [-0.25, -0.2) is 0 Å². The minimum absolute atomic E-state index is 0.132. The van der Waals surface area contributed by atoms with Gasteiger partial charge in [-0.3, -0.25) is 9.59 Å². The predicted octanol–water partition coefficient (Wildman–Crippen LogP) is 2.08. The van der Waals surface area contributed by atoms with Crippen LogP contribution in [0.3, 0.4) is 0 Å².